The van der Waals surface area contributed by atoms with Gasteiger partial charge in [-0.25, -0.2) is 10.8 Å². The highest BCUT2D eigenvalue weighted by Crippen LogP contribution is 2.37. The number of rotatable bonds is 9. The molecule has 4 N–H and O–H groups in total. The van der Waals surface area contributed by atoms with Gasteiger partial charge in [-0.1, -0.05) is 78.0 Å². The molecule has 8 nitrogen and oxygen atoms in total. The number of hydrogen-bond donors (Lipinski definition) is 3. The minimum atomic E-state index is -0.251. The highest BCUT2D eigenvalue weighted by molar-refractivity contribution is 6.40. The van der Waals surface area contributed by atoms with Gasteiger partial charge in [0.1, 0.15) is 5.82 Å². The number of imidazole rings is 1. The lowest BCUT2D eigenvalue weighted by molar-refractivity contribution is -0.118. The first kappa shape index (κ1) is 33.3. The minimum absolute atomic E-state index is 0.126. The van der Waals surface area contributed by atoms with E-state index in [9.17, 15) is 9.59 Å². The van der Waals surface area contributed by atoms with E-state index in [1.165, 1.54) is 6.92 Å². The van der Waals surface area contributed by atoms with Crippen LogP contribution in [0.4, 0.5) is 0 Å². The van der Waals surface area contributed by atoms with Crippen molar-refractivity contribution in [2.24, 2.45) is 5.84 Å². The summed E-state index contributed by atoms with van der Waals surface area (Å²) >= 11 is 13.0. The number of amides is 2. The van der Waals surface area contributed by atoms with E-state index in [4.69, 9.17) is 34.0 Å². The normalized spacial score (nSPS) is 16.5. The summed E-state index contributed by atoms with van der Waals surface area (Å²) < 4.78 is 2.02. The van der Waals surface area contributed by atoms with E-state index in [0.717, 1.165) is 53.6 Å². The fourth-order valence-corrected chi connectivity index (χ4v) is 6.48. The number of halogens is 2. The van der Waals surface area contributed by atoms with Gasteiger partial charge in [-0.2, -0.15) is 0 Å². The van der Waals surface area contributed by atoms with Crippen molar-refractivity contribution in [1.29, 1.82) is 0 Å². The average molecular weight is 657 g/mol. The van der Waals surface area contributed by atoms with Gasteiger partial charge in [0, 0.05) is 46.0 Å². The second-order valence-electron chi connectivity index (χ2n) is 12.1. The van der Waals surface area contributed by atoms with Crippen LogP contribution in [0.5, 0.6) is 0 Å². The second kappa shape index (κ2) is 14.6. The molecule has 0 atom stereocenters. The number of hydrogen-bond acceptors (Lipinski definition) is 5. The van der Waals surface area contributed by atoms with Crippen LogP contribution in [0.3, 0.4) is 0 Å². The third kappa shape index (κ3) is 7.84. The van der Waals surface area contributed by atoms with Gasteiger partial charge in [0.05, 0.1) is 11.4 Å². The van der Waals surface area contributed by atoms with Gasteiger partial charge in [-0.3, -0.25) is 14.2 Å². The Balaban J connectivity index is 1.46. The summed E-state index contributed by atoms with van der Waals surface area (Å²) in [4.78, 5) is 30.4. The fraction of sp³-hybridized carbons (Fsp3) is 0.286. The predicted molar refractivity (Wildman–Crippen MR) is 188 cm³/mol. The summed E-state index contributed by atoms with van der Waals surface area (Å²) in [7, 11) is 0.523. The maximum absolute atomic E-state index is 14.1. The van der Waals surface area contributed by atoms with Crippen LogP contribution < -0.4 is 16.4 Å². The van der Waals surface area contributed by atoms with Crippen LogP contribution in [-0.4, -0.2) is 39.8 Å². The SMILES string of the molecule is CC(=O)N/C(C)=C/N(N)C1CCC(BNC(=O)c2nc(-c3cccc(C)c3)n(-c3cc(Cl)ccc3C)c2-c2cccc(Cl)c2)CC1. The van der Waals surface area contributed by atoms with Crippen LogP contribution >= 0.6 is 23.2 Å². The number of carbonyl (C=O) groups is 2. The van der Waals surface area contributed by atoms with Crippen molar-refractivity contribution < 1.29 is 9.59 Å². The number of carbonyl (C=O) groups excluding carboxylic acids is 2. The number of nitrogens with zero attached hydrogens (tertiary/aromatic N) is 3. The molecule has 0 radical (unpaired) electrons. The molecule has 46 heavy (non-hydrogen) atoms. The molecular weight excluding hydrogens is 618 g/mol. The second-order valence-corrected chi connectivity index (χ2v) is 13.0. The summed E-state index contributed by atoms with van der Waals surface area (Å²) in [6.45, 7) is 7.34. The Kier molecular flexibility index (Phi) is 10.6. The van der Waals surface area contributed by atoms with Crippen molar-refractivity contribution in [2.45, 2.75) is 65.2 Å². The predicted octanol–water partition coefficient (Wildman–Crippen LogP) is 7.12. The van der Waals surface area contributed by atoms with E-state index in [2.05, 4.69) is 16.6 Å². The van der Waals surface area contributed by atoms with Gasteiger partial charge in [0.15, 0.2) is 5.69 Å². The largest absolute Gasteiger partial charge is 0.397 e. The van der Waals surface area contributed by atoms with E-state index in [0.29, 0.717) is 46.2 Å². The number of aryl methyl sites for hydroxylation is 2. The van der Waals surface area contributed by atoms with Crippen LogP contribution in [0.25, 0.3) is 28.3 Å². The molecule has 11 heteroatoms. The van der Waals surface area contributed by atoms with Crippen LogP contribution in [0, 0.1) is 13.8 Å². The Morgan fingerprint density at radius 3 is 2.35 bits per heavy atom. The zero-order valence-corrected chi connectivity index (χ0v) is 28.1. The zero-order valence-electron chi connectivity index (χ0n) is 26.6. The van der Waals surface area contributed by atoms with Crippen molar-refractivity contribution in [3.63, 3.8) is 0 Å². The first-order chi connectivity index (χ1) is 22.0. The number of aromatic nitrogens is 2. The highest BCUT2D eigenvalue weighted by Gasteiger charge is 2.29. The topological polar surface area (TPSA) is 105 Å². The summed E-state index contributed by atoms with van der Waals surface area (Å²) in [6.07, 6.45) is 5.37. The molecule has 3 aromatic carbocycles. The Morgan fingerprint density at radius 1 is 0.957 bits per heavy atom. The molecule has 0 spiro atoms. The molecule has 1 fully saturated rings. The summed E-state index contributed by atoms with van der Waals surface area (Å²) in [5.41, 5.74) is 6.22. The number of nitrogens with two attached hydrogens (primary N) is 1. The van der Waals surface area contributed by atoms with Crippen molar-refractivity contribution in [3.05, 3.63) is 105 Å². The lowest BCUT2D eigenvalue weighted by Gasteiger charge is -2.33. The third-order valence-electron chi connectivity index (χ3n) is 8.38. The molecule has 2 amide bonds. The molecule has 1 aromatic heterocycles. The molecule has 0 unspecified atom stereocenters. The molecule has 1 aliphatic carbocycles. The Hall–Kier alpha value is -4.05. The highest BCUT2D eigenvalue weighted by atomic mass is 35.5. The molecule has 1 aliphatic rings. The van der Waals surface area contributed by atoms with Gasteiger partial charge < -0.3 is 15.6 Å². The number of benzene rings is 3. The van der Waals surface area contributed by atoms with Crippen LogP contribution in [0.15, 0.2) is 78.6 Å². The van der Waals surface area contributed by atoms with Crippen LogP contribution in [-0.2, 0) is 4.79 Å². The standard InChI is InChI=1S/C35H39BCl2N6O2/c1-21-7-5-9-26(17-21)34-41-32(33(25-8-6-10-28(37)18-25)44(34)31-19-29(38)14-11-22(31)2)35(46)42-36-27-12-15-30(16-13-27)43(39)20-23(3)40-24(4)45/h5-11,14,17-20,27,30,36H,12-13,15-16,39H2,1-4H3,(H,40,45)(H,42,46)/b23-20+. The first-order valence-corrected chi connectivity index (χ1v) is 16.2. The average Bonchev–Trinajstić information content (AvgIpc) is 3.41. The van der Waals surface area contributed by atoms with Crippen molar-refractivity contribution in [1.82, 2.24) is 25.1 Å². The van der Waals surface area contributed by atoms with Gasteiger partial charge in [-0.15, -0.1) is 0 Å². The lowest BCUT2D eigenvalue weighted by Crippen LogP contribution is -2.41. The quantitative estimate of drug-likeness (QED) is 0.101. The molecule has 0 bridgehead atoms. The molecule has 238 valence electrons. The summed E-state index contributed by atoms with van der Waals surface area (Å²) in [5, 5.41) is 8.78. The molecule has 0 aliphatic heterocycles. The maximum Gasteiger partial charge on any atom is 0.260 e. The molecule has 5 rings (SSSR count). The third-order valence-corrected chi connectivity index (χ3v) is 8.85. The number of allylic oxidation sites excluding steroid dienone is 1. The molecule has 1 heterocycles. The van der Waals surface area contributed by atoms with E-state index in [-0.39, 0.29) is 17.9 Å². The molecular formula is C35H39BCl2N6O2. The number of hydrazine groups is 1. The van der Waals surface area contributed by atoms with Gasteiger partial charge in [0.2, 0.25) is 13.3 Å². The van der Waals surface area contributed by atoms with E-state index >= 15 is 0 Å². The number of nitrogens with one attached hydrogen (secondary N) is 2. The minimum Gasteiger partial charge on any atom is -0.397 e. The Morgan fingerprint density at radius 2 is 1.65 bits per heavy atom. The van der Waals surface area contributed by atoms with Gasteiger partial charge in [0.25, 0.3) is 5.91 Å². The van der Waals surface area contributed by atoms with Crippen molar-refractivity contribution >= 4 is 42.4 Å². The van der Waals surface area contributed by atoms with E-state index < -0.39 is 0 Å². The van der Waals surface area contributed by atoms with Gasteiger partial charge in [-0.05, 0) is 75.3 Å². The monoisotopic (exact) mass is 656 g/mol. The molecule has 4 aromatic rings. The maximum atomic E-state index is 14.1. The Labute approximate surface area is 281 Å². The first-order valence-electron chi connectivity index (χ1n) is 15.5. The molecule has 0 saturated heterocycles. The van der Waals surface area contributed by atoms with Gasteiger partial charge >= 0.3 is 0 Å². The fourth-order valence-electron chi connectivity index (χ4n) is 6.12. The van der Waals surface area contributed by atoms with Crippen molar-refractivity contribution in [3.8, 4) is 28.3 Å². The smallest absolute Gasteiger partial charge is 0.260 e. The molecule has 1 saturated carbocycles. The zero-order chi connectivity index (χ0) is 33.0. The van der Waals surface area contributed by atoms with E-state index in [1.807, 2.05) is 86.0 Å². The van der Waals surface area contributed by atoms with Crippen molar-refractivity contribution in [2.75, 3.05) is 0 Å². The summed E-state index contributed by atoms with van der Waals surface area (Å²) in [5.74, 6) is 6.87. The Bertz CT molecular complexity index is 1780. The van der Waals surface area contributed by atoms with Crippen LogP contribution in [0.1, 0.15) is 61.1 Å². The lowest BCUT2D eigenvalue weighted by atomic mass is 9.66. The van der Waals surface area contributed by atoms with E-state index in [1.54, 1.807) is 11.2 Å². The van der Waals surface area contributed by atoms with Crippen LogP contribution in [0.2, 0.25) is 15.9 Å². The summed E-state index contributed by atoms with van der Waals surface area (Å²) in [6, 6.07) is 21.5.